The van der Waals surface area contributed by atoms with Crippen LogP contribution in [0.4, 0.5) is 0 Å². The van der Waals surface area contributed by atoms with Gasteiger partial charge in [0.2, 0.25) is 0 Å². The zero-order chi connectivity index (χ0) is 14.5. The van der Waals surface area contributed by atoms with Gasteiger partial charge >= 0.3 is 5.97 Å². The van der Waals surface area contributed by atoms with Crippen molar-refractivity contribution in [2.24, 2.45) is 0 Å². The molecule has 0 aliphatic rings. The molecule has 0 amide bonds. The summed E-state index contributed by atoms with van der Waals surface area (Å²) in [5, 5.41) is 9.55. The average molecular weight is 270 g/mol. The van der Waals surface area contributed by atoms with E-state index in [4.69, 9.17) is 4.74 Å². The topological polar surface area (TPSA) is 46.5 Å². The third kappa shape index (κ3) is 2.99. The maximum Gasteiger partial charge on any atom is 0.311 e. The summed E-state index contributed by atoms with van der Waals surface area (Å²) < 4.78 is 5.11. The van der Waals surface area contributed by atoms with Crippen LogP contribution in [0.2, 0.25) is 0 Å². The molecule has 3 nitrogen and oxygen atoms in total. The van der Waals surface area contributed by atoms with Crippen molar-refractivity contribution in [1.82, 2.24) is 0 Å². The van der Waals surface area contributed by atoms with Crippen molar-refractivity contribution in [2.75, 3.05) is 7.11 Å². The normalized spacial score (nSPS) is 13.5. The Hall–Kier alpha value is -2.29. The van der Waals surface area contributed by atoms with Gasteiger partial charge in [-0.3, -0.25) is 4.79 Å². The molecule has 0 aromatic heterocycles. The highest BCUT2D eigenvalue weighted by Gasteiger charge is 2.27. The third-order valence-corrected chi connectivity index (χ3v) is 3.57. The Bertz CT molecular complexity index is 561. The molecule has 3 heteroatoms. The summed E-state index contributed by atoms with van der Waals surface area (Å²) in [4.78, 5) is 11.6. The van der Waals surface area contributed by atoms with Gasteiger partial charge < -0.3 is 9.84 Å². The van der Waals surface area contributed by atoms with Crippen molar-refractivity contribution in [1.29, 1.82) is 0 Å². The van der Waals surface area contributed by atoms with Crippen molar-refractivity contribution < 1.29 is 14.6 Å². The van der Waals surface area contributed by atoms with E-state index in [1.165, 1.54) is 0 Å². The predicted octanol–water partition coefficient (Wildman–Crippen LogP) is 3.67. The smallest absolute Gasteiger partial charge is 0.311 e. The fourth-order valence-electron chi connectivity index (χ4n) is 2.41. The van der Waals surface area contributed by atoms with E-state index in [0.717, 1.165) is 16.9 Å². The Morgan fingerprint density at radius 1 is 1.00 bits per heavy atom. The van der Waals surface area contributed by atoms with Gasteiger partial charge in [0.1, 0.15) is 5.75 Å². The van der Waals surface area contributed by atoms with Gasteiger partial charge in [-0.15, -0.1) is 0 Å². The summed E-state index contributed by atoms with van der Waals surface area (Å²) in [5.74, 6) is -0.748. The van der Waals surface area contributed by atoms with Crippen LogP contribution in [-0.2, 0) is 4.79 Å². The predicted molar refractivity (Wildman–Crippen MR) is 78.2 cm³/mol. The highest BCUT2D eigenvalue weighted by Crippen LogP contribution is 2.33. The quantitative estimate of drug-likeness (QED) is 0.901. The average Bonchev–Trinajstić information content (AvgIpc) is 2.48. The van der Waals surface area contributed by atoms with E-state index in [2.05, 4.69) is 0 Å². The zero-order valence-electron chi connectivity index (χ0n) is 11.6. The van der Waals surface area contributed by atoms with Crippen LogP contribution < -0.4 is 4.74 Å². The zero-order valence-corrected chi connectivity index (χ0v) is 11.6. The monoisotopic (exact) mass is 270 g/mol. The SMILES string of the molecule is COc1ccc(C(C(=O)O)C(C)c2ccccc2)cc1. The van der Waals surface area contributed by atoms with E-state index >= 15 is 0 Å². The van der Waals surface area contributed by atoms with Crippen LogP contribution in [0.5, 0.6) is 5.75 Å². The summed E-state index contributed by atoms with van der Waals surface area (Å²) in [6.45, 7) is 1.94. The lowest BCUT2D eigenvalue weighted by Crippen LogP contribution is -2.18. The fourth-order valence-corrected chi connectivity index (χ4v) is 2.41. The number of aliphatic carboxylic acids is 1. The first-order chi connectivity index (χ1) is 9.63. The second-order valence-electron chi connectivity index (χ2n) is 4.79. The van der Waals surface area contributed by atoms with Crippen molar-refractivity contribution in [3.8, 4) is 5.75 Å². The molecule has 0 aliphatic heterocycles. The maximum atomic E-state index is 11.6. The molecule has 0 spiro atoms. The summed E-state index contributed by atoms with van der Waals surface area (Å²) in [5.41, 5.74) is 1.81. The van der Waals surface area contributed by atoms with Gasteiger partial charge in [0, 0.05) is 0 Å². The number of hydrogen-bond acceptors (Lipinski definition) is 2. The summed E-state index contributed by atoms with van der Waals surface area (Å²) in [7, 11) is 1.59. The number of benzene rings is 2. The summed E-state index contributed by atoms with van der Waals surface area (Å²) >= 11 is 0. The van der Waals surface area contributed by atoms with Gasteiger partial charge in [0.25, 0.3) is 0 Å². The van der Waals surface area contributed by atoms with E-state index in [1.807, 2.05) is 49.4 Å². The van der Waals surface area contributed by atoms with E-state index in [-0.39, 0.29) is 5.92 Å². The second-order valence-corrected chi connectivity index (χ2v) is 4.79. The highest BCUT2D eigenvalue weighted by atomic mass is 16.5. The molecule has 1 N–H and O–H groups in total. The molecule has 2 aromatic carbocycles. The van der Waals surface area contributed by atoms with Crippen LogP contribution in [0.15, 0.2) is 54.6 Å². The van der Waals surface area contributed by atoms with E-state index in [1.54, 1.807) is 19.2 Å². The highest BCUT2D eigenvalue weighted by molar-refractivity contribution is 5.77. The van der Waals surface area contributed by atoms with Crippen LogP contribution in [0, 0.1) is 0 Å². The molecule has 0 saturated heterocycles. The molecule has 104 valence electrons. The number of ether oxygens (including phenoxy) is 1. The first-order valence-corrected chi connectivity index (χ1v) is 6.55. The maximum absolute atomic E-state index is 11.6. The third-order valence-electron chi connectivity index (χ3n) is 3.57. The molecule has 2 unspecified atom stereocenters. The molecule has 2 atom stereocenters. The second kappa shape index (κ2) is 6.24. The Kier molecular flexibility index (Phi) is 4.41. The van der Waals surface area contributed by atoms with E-state index in [9.17, 15) is 9.90 Å². The molecular formula is C17H18O3. The number of hydrogen-bond donors (Lipinski definition) is 1. The Balaban J connectivity index is 2.33. The largest absolute Gasteiger partial charge is 0.497 e. The number of carboxylic acid groups (broad SMARTS) is 1. The van der Waals surface area contributed by atoms with Crippen LogP contribution in [-0.4, -0.2) is 18.2 Å². The molecule has 0 heterocycles. The van der Waals surface area contributed by atoms with E-state index < -0.39 is 11.9 Å². The minimum absolute atomic E-state index is 0.0953. The van der Waals surface area contributed by atoms with Gasteiger partial charge in [0.05, 0.1) is 13.0 Å². The minimum atomic E-state index is -0.813. The van der Waals surface area contributed by atoms with E-state index in [0.29, 0.717) is 0 Å². The lowest BCUT2D eigenvalue weighted by atomic mass is 9.83. The molecule has 2 rings (SSSR count). The van der Waals surface area contributed by atoms with Crippen molar-refractivity contribution >= 4 is 5.97 Å². The molecule has 0 radical (unpaired) electrons. The Morgan fingerprint density at radius 2 is 1.60 bits per heavy atom. The van der Waals surface area contributed by atoms with Crippen LogP contribution in [0.25, 0.3) is 0 Å². The van der Waals surface area contributed by atoms with Crippen LogP contribution in [0.1, 0.15) is 29.9 Å². The minimum Gasteiger partial charge on any atom is -0.497 e. The van der Waals surface area contributed by atoms with Crippen LogP contribution in [0.3, 0.4) is 0 Å². The Labute approximate surface area is 118 Å². The lowest BCUT2D eigenvalue weighted by molar-refractivity contribution is -0.139. The number of methoxy groups -OCH3 is 1. The van der Waals surface area contributed by atoms with Crippen molar-refractivity contribution in [3.05, 3.63) is 65.7 Å². The summed E-state index contributed by atoms with van der Waals surface area (Å²) in [6.07, 6.45) is 0. The van der Waals surface area contributed by atoms with Crippen molar-refractivity contribution in [2.45, 2.75) is 18.8 Å². The summed E-state index contributed by atoms with van der Waals surface area (Å²) in [6, 6.07) is 16.9. The number of rotatable bonds is 5. The molecule has 0 aliphatic carbocycles. The molecular weight excluding hydrogens is 252 g/mol. The van der Waals surface area contributed by atoms with Gasteiger partial charge in [-0.05, 0) is 29.2 Å². The molecule has 0 fully saturated rings. The Morgan fingerprint density at radius 3 is 2.10 bits per heavy atom. The van der Waals surface area contributed by atoms with Gasteiger partial charge in [-0.25, -0.2) is 0 Å². The molecule has 20 heavy (non-hydrogen) atoms. The molecule has 2 aromatic rings. The van der Waals surface area contributed by atoms with Gasteiger partial charge in [0.15, 0.2) is 0 Å². The first kappa shape index (κ1) is 14.1. The van der Waals surface area contributed by atoms with Crippen molar-refractivity contribution in [3.63, 3.8) is 0 Å². The van der Waals surface area contributed by atoms with Crippen LogP contribution >= 0.6 is 0 Å². The molecule has 0 bridgehead atoms. The first-order valence-electron chi connectivity index (χ1n) is 6.55. The fraction of sp³-hybridized carbons (Fsp3) is 0.235. The standard InChI is InChI=1S/C17H18O3/c1-12(13-6-4-3-5-7-13)16(17(18)19)14-8-10-15(20-2)11-9-14/h3-12,16H,1-2H3,(H,18,19). The lowest BCUT2D eigenvalue weighted by Gasteiger charge is -2.21. The van der Waals surface area contributed by atoms with Gasteiger partial charge in [-0.2, -0.15) is 0 Å². The molecule has 0 saturated carbocycles. The number of carbonyl (C=O) groups is 1. The number of carboxylic acids is 1. The van der Waals surface area contributed by atoms with Gasteiger partial charge in [-0.1, -0.05) is 49.4 Å².